The second-order valence-corrected chi connectivity index (χ2v) is 4.13. The SMILES string of the molecule is COC(=O)N1C(C)C(=O)[C@@H]1Cc1nccn1C. The van der Waals surface area contributed by atoms with Crippen molar-refractivity contribution in [3.63, 3.8) is 0 Å². The average Bonchev–Trinajstić information content (AvgIpc) is 2.73. The van der Waals surface area contributed by atoms with E-state index < -0.39 is 18.2 Å². The first-order valence-corrected chi connectivity index (χ1v) is 5.42. The first-order valence-electron chi connectivity index (χ1n) is 5.42. The third-order valence-corrected chi connectivity index (χ3v) is 3.18. The Balaban J connectivity index is 2.12. The van der Waals surface area contributed by atoms with Gasteiger partial charge in [-0.05, 0) is 6.92 Å². The van der Waals surface area contributed by atoms with Crippen LogP contribution in [0.3, 0.4) is 0 Å². The van der Waals surface area contributed by atoms with Crippen LogP contribution in [0.5, 0.6) is 0 Å². The van der Waals surface area contributed by atoms with Crippen LogP contribution >= 0.6 is 0 Å². The number of hydrogen-bond acceptors (Lipinski definition) is 4. The molecule has 0 bridgehead atoms. The van der Waals surface area contributed by atoms with Crippen LogP contribution in [0.2, 0.25) is 0 Å². The highest BCUT2D eigenvalue weighted by Gasteiger charge is 2.48. The Kier molecular flexibility index (Phi) is 2.87. The Hall–Kier alpha value is -1.85. The number of Topliss-reactive ketones (excluding diaryl/α,β-unsaturated/α-hetero) is 1. The van der Waals surface area contributed by atoms with Gasteiger partial charge in [-0.3, -0.25) is 9.69 Å². The van der Waals surface area contributed by atoms with E-state index in [1.54, 1.807) is 13.1 Å². The maximum Gasteiger partial charge on any atom is 0.410 e. The van der Waals surface area contributed by atoms with Crippen LogP contribution < -0.4 is 0 Å². The monoisotopic (exact) mass is 237 g/mol. The summed E-state index contributed by atoms with van der Waals surface area (Å²) in [6, 6.07) is -0.841. The van der Waals surface area contributed by atoms with E-state index in [0.29, 0.717) is 6.42 Å². The minimum Gasteiger partial charge on any atom is -0.453 e. The summed E-state index contributed by atoms with van der Waals surface area (Å²) < 4.78 is 6.50. The molecule has 1 aromatic heterocycles. The molecular weight excluding hydrogens is 222 g/mol. The number of hydrogen-bond donors (Lipinski definition) is 0. The molecular formula is C11H15N3O3. The number of carbonyl (C=O) groups is 2. The predicted molar refractivity (Wildman–Crippen MR) is 59.4 cm³/mol. The lowest BCUT2D eigenvalue weighted by Crippen LogP contribution is -2.66. The van der Waals surface area contributed by atoms with Gasteiger partial charge in [-0.25, -0.2) is 9.78 Å². The fourth-order valence-electron chi connectivity index (χ4n) is 2.10. The quantitative estimate of drug-likeness (QED) is 0.745. The third kappa shape index (κ3) is 1.79. The second kappa shape index (κ2) is 4.20. The zero-order valence-electron chi connectivity index (χ0n) is 10.1. The molecule has 1 amide bonds. The maximum absolute atomic E-state index is 11.7. The summed E-state index contributed by atoms with van der Waals surface area (Å²) in [6.07, 6.45) is 3.45. The van der Waals surface area contributed by atoms with Gasteiger partial charge >= 0.3 is 6.09 Å². The molecule has 1 aliphatic heterocycles. The molecule has 0 radical (unpaired) electrons. The lowest BCUT2D eigenvalue weighted by atomic mass is 9.90. The largest absolute Gasteiger partial charge is 0.453 e. The van der Waals surface area contributed by atoms with Crippen molar-refractivity contribution < 1.29 is 14.3 Å². The van der Waals surface area contributed by atoms with Gasteiger partial charge in [0, 0.05) is 25.9 Å². The minimum absolute atomic E-state index is 0.0541. The molecule has 1 unspecified atom stereocenters. The van der Waals surface area contributed by atoms with Gasteiger partial charge < -0.3 is 9.30 Å². The number of ketones is 1. The predicted octanol–water partition coefficient (Wildman–Crippen LogP) is 0.371. The normalized spacial score (nSPS) is 23.5. The molecule has 2 rings (SSSR count). The lowest BCUT2D eigenvalue weighted by molar-refractivity contribution is -0.141. The summed E-state index contributed by atoms with van der Waals surface area (Å²) in [5.41, 5.74) is 0. The van der Waals surface area contributed by atoms with Crippen molar-refractivity contribution in [1.82, 2.24) is 14.5 Å². The first kappa shape index (κ1) is 11.6. The summed E-state index contributed by atoms with van der Waals surface area (Å²) in [4.78, 5) is 28.8. The van der Waals surface area contributed by atoms with Gasteiger partial charge in [-0.2, -0.15) is 0 Å². The van der Waals surface area contributed by atoms with Crippen molar-refractivity contribution in [2.24, 2.45) is 7.05 Å². The fourth-order valence-corrected chi connectivity index (χ4v) is 2.10. The summed E-state index contributed by atoms with van der Waals surface area (Å²) in [5.74, 6) is 0.836. The van der Waals surface area contributed by atoms with Crippen LogP contribution in [-0.4, -0.2) is 45.5 Å². The standard InChI is InChI=1S/C11H15N3O3/c1-7-10(15)8(14(7)11(16)17-3)6-9-12-4-5-13(9)2/h4-5,7-8H,6H2,1-3H3/t7?,8-/m0/s1. The summed E-state index contributed by atoms with van der Waals surface area (Å²) in [6.45, 7) is 1.70. The van der Waals surface area contributed by atoms with Crippen molar-refractivity contribution in [3.05, 3.63) is 18.2 Å². The van der Waals surface area contributed by atoms with Crippen molar-refractivity contribution in [2.75, 3.05) is 7.11 Å². The van der Waals surface area contributed by atoms with E-state index in [1.807, 2.05) is 17.8 Å². The molecule has 0 saturated carbocycles. The van der Waals surface area contributed by atoms with Gasteiger partial charge in [0.2, 0.25) is 0 Å². The van der Waals surface area contributed by atoms with Crippen LogP contribution in [0, 0.1) is 0 Å². The molecule has 1 fully saturated rings. The highest BCUT2D eigenvalue weighted by Crippen LogP contribution is 2.25. The molecule has 92 valence electrons. The Morgan fingerprint density at radius 1 is 1.59 bits per heavy atom. The molecule has 6 nitrogen and oxygen atoms in total. The number of likely N-dealkylation sites (tertiary alicyclic amines) is 1. The number of amides is 1. The second-order valence-electron chi connectivity index (χ2n) is 4.13. The van der Waals surface area contributed by atoms with Crippen LogP contribution in [0.4, 0.5) is 4.79 Å². The number of imidazole rings is 1. The van der Waals surface area contributed by atoms with Crippen molar-refractivity contribution >= 4 is 11.9 Å². The topological polar surface area (TPSA) is 64.4 Å². The molecule has 0 aromatic carbocycles. The van der Waals surface area contributed by atoms with E-state index in [-0.39, 0.29) is 5.78 Å². The van der Waals surface area contributed by atoms with Crippen molar-refractivity contribution in [3.8, 4) is 0 Å². The number of aryl methyl sites for hydroxylation is 1. The van der Waals surface area contributed by atoms with Crippen LogP contribution in [0.15, 0.2) is 12.4 Å². The molecule has 0 N–H and O–H groups in total. The zero-order valence-corrected chi connectivity index (χ0v) is 10.1. The molecule has 2 atom stereocenters. The Morgan fingerprint density at radius 2 is 2.29 bits per heavy atom. The van der Waals surface area contributed by atoms with E-state index in [4.69, 9.17) is 0 Å². The van der Waals surface area contributed by atoms with E-state index in [0.717, 1.165) is 5.82 Å². The number of aromatic nitrogens is 2. The van der Waals surface area contributed by atoms with E-state index >= 15 is 0 Å². The average molecular weight is 237 g/mol. The van der Waals surface area contributed by atoms with Gasteiger partial charge in [-0.1, -0.05) is 0 Å². The van der Waals surface area contributed by atoms with Crippen LogP contribution in [0.25, 0.3) is 0 Å². The van der Waals surface area contributed by atoms with Gasteiger partial charge in [0.05, 0.1) is 13.2 Å². The Bertz CT molecular complexity index is 455. The lowest BCUT2D eigenvalue weighted by Gasteiger charge is -2.43. The highest BCUT2D eigenvalue weighted by molar-refractivity contribution is 6.00. The molecule has 6 heteroatoms. The number of rotatable bonds is 2. The summed E-state index contributed by atoms with van der Waals surface area (Å²) in [7, 11) is 3.17. The molecule has 0 spiro atoms. The number of nitrogens with zero attached hydrogens (tertiary/aromatic N) is 3. The minimum atomic E-state index is -0.462. The molecule has 1 aromatic rings. The molecule has 2 heterocycles. The molecule has 1 aliphatic rings. The van der Waals surface area contributed by atoms with Gasteiger partial charge in [0.1, 0.15) is 11.9 Å². The van der Waals surface area contributed by atoms with E-state index in [1.165, 1.54) is 12.0 Å². The van der Waals surface area contributed by atoms with Crippen molar-refractivity contribution in [1.29, 1.82) is 0 Å². The van der Waals surface area contributed by atoms with E-state index in [9.17, 15) is 9.59 Å². The summed E-state index contributed by atoms with van der Waals surface area (Å²) >= 11 is 0. The number of ether oxygens (including phenoxy) is 1. The van der Waals surface area contributed by atoms with Gasteiger partial charge in [0.15, 0.2) is 5.78 Å². The van der Waals surface area contributed by atoms with Crippen LogP contribution in [0.1, 0.15) is 12.7 Å². The Labute approximate surface area is 99.2 Å². The Morgan fingerprint density at radius 3 is 2.82 bits per heavy atom. The summed E-state index contributed by atoms with van der Waals surface area (Å²) in [5, 5.41) is 0. The number of carbonyl (C=O) groups excluding carboxylic acids is 2. The molecule has 1 saturated heterocycles. The fraction of sp³-hybridized carbons (Fsp3) is 0.545. The smallest absolute Gasteiger partial charge is 0.410 e. The number of methoxy groups -OCH3 is 1. The highest BCUT2D eigenvalue weighted by atomic mass is 16.5. The van der Waals surface area contributed by atoms with Crippen LogP contribution in [-0.2, 0) is 23.0 Å². The van der Waals surface area contributed by atoms with Gasteiger partial charge in [0.25, 0.3) is 0 Å². The van der Waals surface area contributed by atoms with Gasteiger partial charge in [-0.15, -0.1) is 0 Å². The third-order valence-electron chi connectivity index (χ3n) is 3.18. The van der Waals surface area contributed by atoms with E-state index in [2.05, 4.69) is 9.72 Å². The van der Waals surface area contributed by atoms with Crippen molar-refractivity contribution in [2.45, 2.75) is 25.4 Å². The maximum atomic E-state index is 11.7. The first-order chi connectivity index (χ1) is 8.06. The zero-order chi connectivity index (χ0) is 12.6. The molecule has 0 aliphatic carbocycles. The molecule has 17 heavy (non-hydrogen) atoms.